The zero-order chi connectivity index (χ0) is 15.6. The number of amides is 1. The van der Waals surface area contributed by atoms with Gasteiger partial charge < -0.3 is 10.4 Å². The summed E-state index contributed by atoms with van der Waals surface area (Å²) in [6, 6.07) is 1.27. The van der Waals surface area contributed by atoms with E-state index in [0.29, 0.717) is 18.6 Å². The van der Waals surface area contributed by atoms with Crippen LogP contribution in [-0.4, -0.2) is 34.2 Å². The van der Waals surface area contributed by atoms with Crippen LogP contribution in [0.3, 0.4) is 0 Å². The fourth-order valence-electron chi connectivity index (χ4n) is 2.26. The second-order valence-corrected chi connectivity index (χ2v) is 6.50. The molecule has 3 nitrogen and oxygen atoms in total. The lowest BCUT2D eigenvalue weighted by Crippen LogP contribution is -2.57. The first-order chi connectivity index (χ1) is 9.87. The first kappa shape index (κ1) is 16.2. The molecule has 0 spiro atoms. The molecule has 1 aliphatic carbocycles. The zero-order valence-electron chi connectivity index (χ0n) is 11.5. The highest BCUT2D eigenvalue weighted by Gasteiger charge is 2.45. The van der Waals surface area contributed by atoms with Gasteiger partial charge in [-0.3, -0.25) is 4.79 Å². The van der Waals surface area contributed by atoms with Crippen molar-refractivity contribution in [1.82, 2.24) is 5.32 Å². The number of carbonyl (C=O) groups is 1. The molecule has 2 rings (SSSR count). The van der Waals surface area contributed by atoms with E-state index in [4.69, 9.17) is 0 Å². The Morgan fingerprint density at radius 3 is 2.52 bits per heavy atom. The van der Waals surface area contributed by atoms with Gasteiger partial charge in [0.05, 0.1) is 5.60 Å². The Morgan fingerprint density at radius 2 is 2.05 bits per heavy atom. The second kappa shape index (κ2) is 6.27. The van der Waals surface area contributed by atoms with Crippen molar-refractivity contribution in [3.8, 4) is 0 Å². The first-order valence-corrected chi connectivity index (χ1v) is 7.69. The van der Waals surface area contributed by atoms with Crippen molar-refractivity contribution in [3.63, 3.8) is 0 Å². The Morgan fingerprint density at radius 1 is 1.43 bits per heavy atom. The van der Waals surface area contributed by atoms with Crippen molar-refractivity contribution in [3.05, 3.63) is 35.1 Å². The third kappa shape index (κ3) is 3.35. The molecule has 1 saturated carbocycles. The minimum atomic E-state index is -1.61. The molecule has 1 aliphatic rings. The van der Waals surface area contributed by atoms with Gasteiger partial charge in [0.15, 0.2) is 17.5 Å². The van der Waals surface area contributed by atoms with Crippen LogP contribution >= 0.6 is 11.8 Å². The average molecular weight is 319 g/mol. The molecule has 1 fully saturated rings. The number of thioether (sulfide) groups is 1. The highest BCUT2D eigenvalue weighted by atomic mass is 32.2. The van der Waals surface area contributed by atoms with Crippen LogP contribution < -0.4 is 5.32 Å². The van der Waals surface area contributed by atoms with Gasteiger partial charge >= 0.3 is 0 Å². The molecule has 0 bridgehead atoms. The quantitative estimate of drug-likeness (QED) is 0.820. The summed E-state index contributed by atoms with van der Waals surface area (Å²) in [6.07, 6.45) is 1.43. The van der Waals surface area contributed by atoms with Crippen LogP contribution in [0.15, 0.2) is 12.1 Å². The Balaban J connectivity index is 1.99. The van der Waals surface area contributed by atoms with E-state index >= 15 is 0 Å². The molecule has 0 saturated heterocycles. The number of carbonyl (C=O) groups excluding carboxylic acids is 1. The molecule has 116 valence electrons. The number of hydrogen-bond donors (Lipinski definition) is 2. The van der Waals surface area contributed by atoms with Crippen molar-refractivity contribution in [2.45, 2.75) is 30.6 Å². The molecule has 2 atom stereocenters. The summed E-state index contributed by atoms with van der Waals surface area (Å²) in [5.74, 6) is -4.32. The normalized spacial score (nSPS) is 24.5. The maximum Gasteiger partial charge on any atom is 0.251 e. The number of hydrogen-bond acceptors (Lipinski definition) is 3. The van der Waals surface area contributed by atoms with Crippen LogP contribution in [-0.2, 0) is 0 Å². The van der Waals surface area contributed by atoms with Gasteiger partial charge in [-0.05, 0) is 30.7 Å². The molecule has 0 aromatic heterocycles. The Bertz CT molecular complexity index is 532. The highest BCUT2D eigenvalue weighted by molar-refractivity contribution is 8.00. The van der Waals surface area contributed by atoms with Gasteiger partial charge in [-0.2, -0.15) is 11.8 Å². The van der Waals surface area contributed by atoms with Crippen LogP contribution in [0.25, 0.3) is 0 Å². The van der Waals surface area contributed by atoms with Crippen molar-refractivity contribution < 1.29 is 23.1 Å². The summed E-state index contributed by atoms with van der Waals surface area (Å²) in [6.45, 7) is 1.98. The molecule has 0 heterocycles. The fraction of sp³-hybridized carbons (Fsp3) is 0.500. The minimum Gasteiger partial charge on any atom is -0.387 e. The van der Waals surface area contributed by atoms with Gasteiger partial charge in [0.1, 0.15) is 0 Å². The van der Waals surface area contributed by atoms with Crippen LogP contribution in [0, 0.1) is 17.5 Å². The topological polar surface area (TPSA) is 49.3 Å². The Labute approximate surface area is 124 Å². The van der Waals surface area contributed by atoms with Crippen LogP contribution in [0.5, 0.6) is 0 Å². The standard InChI is InChI=1S/C14H16F3NO2S/c1-2-21-11-3-4-14(11,20)7-18-13(19)8-5-9(15)12(17)10(16)6-8/h5-6,11,20H,2-4,7H2,1H3,(H,18,19). The number of aliphatic hydroxyl groups is 1. The lowest BCUT2D eigenvalue weighted by atomic mass is 9.79. The number of benzene rings is 1. The summed E-state index contributed by atoms with van der Waals surface area (Å²) >= 11 is 1.61. The second-order valence-electron chi connectivity index (χ2n) is 5.02. The van der Waals surface area contributed by atoms with Gasteiger partial charge in [-0.25, -0.2) is 13.2 Å². The van der Waals surface area contributed by atoms with Crippen molar-refractivity contribution in [1.29, 1.82) is 0 Å². The lowest BCUT2D eigenvalue weighted by molar-refractivity contribution is -0.0221. The third-order valence-corrected chi connectivity index (χ3v) is 5.02. The summed E-state index contributed by atoms with van der Waals surface area (Å²) in [4.78, 5) is 11.8. The molecule has 2 unspecified atom stereocenters. The van der Waals surface area contributed by atoms with E-state index in [1.807, 2.05) is 6.92 Å². The molecule has 2 N–H and O–H groups in total. The SMILES string of the molecule is CCSC1CCC1(O)CNC(=O)c1cc(F)c(F)c(F)c1. The van der Waals surface area contributed by atoms with Crippen molar-refractivity contribution in [2.24, 2.45) is 0 Å². The van der Waals surface area contributed by atoms with Crippen molar-refractivity contribution in [2.75, 3.05) is 12.3 Å². The largest absolute Gasteiger partial charge is 0.387 e. The molecule has 1 amide bonds. The van der Waals surface area contributed by atoms with Gasteiger partial charge in [0.25, 0.3) is 5.91 Å². The molecule has 0 aliphatic heterocycles. The zero-order valence-corrected chi connectivity index (χ0v) is 12.3. The molecule has 1 aromatic rings. The average Bonchev–Trinajstić information content (AvgIpc) is 2.45. The summed E-state index contributed by atoms with van der Waals surface area (Å²) in [5, 5.41) is 12.8. The monoisotopic (exact) mass is 319 g/mol. The summed E-state index contributed by atoms with van der Waals surface area (Å²) in [7, 11) is 0. The maximum absolute atomic E-state index is 13.1. The lowest BCUT2D eigenvalue weighted by Gasteiger charge is -2.45. The maximum atomic E-state index is 13.1. The molecular formula is C14H16F3NO2S. The van der Waals surface area contributed by atoms with E-state index in [-0.39, 0.29) is 17.4 Å². The van der Waals surface area contributed by atoms with E-state index in [1.54, 1.807) is 11.8 Å². The molecular weight excluding hydrogens is 303 g/mol. The van der Waals surface area contributed by atoms with E-state index in [9.17, 15) is 23.1 Å². The Kier molecular flexibility index (Phi) is 4.83. The predicted octanol–water partition coefficient (Wildman–Crippen LogP) is 2.48. The highest BCUT2D eigenvalue weighted by Crippen LogP contribution is 2.40. The smallest absolute Gasteiger partial charge is 0.251 e. The van der Waals surface area contributed by atoms with Crippen LogP contribution in [0.4, 0.5) is 13.2 Å². The number of halogens is 3. The molecule has 7 heteroatoms. The van der Waals surface area contributed by atoms with Gasteiger partial charge in [0.2, 0.25) is 0 Å². The van der Waals surface area contributed by atoms with E-state index < -0.39 is 29.0 Å². The van der Waals surface area contributed by atoms with Crippen molar-refractivity contribution >= 4 is 17.7 Å². The van der Waals surface area contributed by atoms with Gasteiger partial charge in [-0.1, -0.05) is 6.92 Å². The molecule has 21 heavy (non-hydrogen) atoms. The van der Waals surface area contributed by atoms with E-state index in [1.165, 1.54) is 0 Å². The predicted molar refractivity (Wildman–Crippen MR) is 74.8 cm³/mol. The first-order valence-electron chi connectivity index (χ1n) is 6.64. The summed E-state index contributed by atoms with van der Waals surface area (Å²) < 4.78 is 39.0. The number of rotatable bonds is 5. The molecule has 0 radical (unpaired) electrons. The fourth-order valence-corrected chi connectivity index (χ4v) is 3.46. The van der Waals surface area contributed by atoms with E-state index in [0.717, 1.165) is 12.2 Å². The Hall–Kier alpha value is -1.21. The minimum absolute atomic E-state index is 0.00408. The third-order valence-electron chi connectivity index (χ3n) is 3.61. The van der Waals surface area contributed by atoms with E-state index in [2.05, 4.69) is 5.32 Å². The van der Waals surface area contributed by atoms with Crippen LogP contribution in [0.2, 0.25) is 0 Å². The molecule has 1 aromatic carbocycles. The van der Waals surface area contributed by atoms with Gasteiger partial charge in [0, 0.05) is 17.4 Å². The number of nitrogens with one attached hydrogen (secondary N) is 1. The summed E-state index contributed by atoms with van der Waals surface area (Å²) in [5.41, 5.74) is -1.30. The van der Waals surface area contributed by atoms with Crippen LogP contribution in [0.1, 0.15) is 30.1 Å². The van der Waals surface area contributed by atoms with Gasteiger partial charge in [-0.15, -0.1) is 0 Å².